The van der Waals surface area contributed by atoms with Gasteiger partial charge in [-0.1, -0.05) is 18.2 Å². The predicted octanol–water partition coefficient (Wildman–Crippen LogP) is 1.92. The zero-order valence-corrected chi connectivity index (χ0v) is 14.8. The molecule has 2 aromatic rings. The Bertz CT molecular complexity index is 769. The standard InChI is InChI=1S/C19H21N3O4/c1-22(12-10-16-5-3-4-11-20-16)19(18(24)25,21-14-23)13-15-6-8-17(26-2)9-7-15/h3-9,11H,10,12-13H2,1-2H3,(H,24,25)/t19-/m1/s1. The van der Waals surface area contributed by atoms with E-state index in [-0.39, 0.29) is 6.42 Å². The number of isocyanates is 1. The van der Waals surface area contributed by atoms with Crippen molar-refractivity contribution in [3.05, 3.63) is 59.9 Å². The molecule has 0 fully saturated rings. The first-order valence-electron chi connectivity index (χ1n) is 8.08. The van der Waals surface area contributed by atoms with Gasteiger partial charge >= 0.3 is 5.97 Å². The third-order valence-electron chi connectivity index (χ3n) is 4.24. The second kappa shape index (κ2) is 8.89. The fraction of sp³-hybridized carbons (Fsp3) is 0.316. The molecular weight excluding hydrogens is 334 g/mol. The van der Waals surface area contributed by atoms with Gasteiger partial charge in [0.1, 0.15) is 5.75 Å². The highest BCUT2D eigenvalue weighted by atomic mass is 16.5. The maximum atomic E-state index is 12.0. The SMILES string of the molecule is COc1ccc(C[C@](N=C=O)(C(=O)O)N(C)CCc2ccccn2)cc1. The van der Waals surface area contributed by atoms with Crippen LogP contribution >= 0.6 is 0 Å². The van der Waals surface area contributed by atoms with Crippen molar-refractivity contribution in [3.63, 3.8) is 0 Å². The lowest BCUT2D eigenvalue weighted by molar-refractivity contribution is -0.150. The lowest BCUT2D eigenvalue weighted by atomic mass is 9.98. The second-order valence-electron chi connectivity index (χ2n) is 5.84. The summed E-state index contributed by atoms with van der Waals surface area (Å²) in [5, 5.41) is 9.83. The van der Waals surface area contributed by atoms with E-state index in [1.165, 1.54) is 6.08 Å². The molecule has 2 rings (SSSR count). The van der Waals surface area contributed by atoms with Crippen LogP contribution in [-0.4, -0.2) is 53.4 Å². The number of aliphatic carboxylic acids is 1. The molecule has 0 radical (unpaired) electrons. The number of carbonyl (C=O) groups excluding carboxylic acids is 1. The molecule has 1 aromatic carbocycles. The number of aliphatic imine (C=N–C) groups is 1. The van der Waals surface area contributed by atoms with Gasteiger partial charge in [-0.25, -0.2) is 9.59 Å². The summed E-state index contributed by atoms with van der Waals surface area (Å²) in [4.78, 5) is 32.5. The van der Waals surface area contributed by atoms with Gasteiger partial charge in [0.05, 0.1) is 7.11 Å². The van der Waals surface area contributed by atoms with Crippen molar-refractivity contribution in [3.8, 4) is 5.75 Å². The molecule has 1 heterocycles. The van der Waals surface area contributed by atoms with Gasteiger partial charge in [-0.15, -0.1) is 0 Å². The van der Waals surface area contributed by atoms with Gasteiger partial charge in [-0.2, -0.15) is 4.99 Å². The number of carboxylic acid groups (broad SMARTS) is 1. The second-order valence-corrected chi connectivity index (χ2v) is 5.84. The molecule has 0 unspecified atom stereocenters. The van der Waals surface area contributed by atoms with Gasteiger partial charge in [0, 0.05) is 31.3 Å². The van der Waals surface area contributed by atoms with E-state index in [4.69, 9.17) is 4.74 Å². The Morgan fingerprint density at radius 1 is 1.31 bits per heavy atom. The summed E-state index contributed by atoms with van der Waals surface area (Å²) in [6.45, 7) is 0.366. The quantitative estimate of drug-likeness (QED) is 0.546. The number of likely N-dealkylation sites (N-methyl/N-ethyl adjacent to an activating group) is 1. The van der Waals surface area contributed by atoms with Crippen LogP contribution in [0.15, 0.2) is 53.7 Å². The molecule has 0 saturated heterocycles. The monoisotopic (exact) mass is 355 g/mol. The van der Waals surface area contributed by atoms with E-state index in [9.17, 15) is 14.7 Å². The number of hydrogen-bond donors (Lipinski definition) is 1. The van der Waals surface area contributed by atoms with Crippen molar-refractivity contribution < 1.29 is 19.4 Å². The Kier molecular flexibility index (Phi) is 6.60. The van der Waals surface area contributed by atoms with E-state index >= 15 is 0 Å². The number of benzene rings is 1. The molecule has 0 amide bonds. The highest BCUT2D eigenvalue weighted by Crippen LogP contribution is 2.24. The zero-order valence-electron chi connectivity index (χ0n) is 14.8. The number of pyridine rings is 1. The first-order chi connectivity index (χ1) is 12.5. The summed E-state index contributed by atoms with van der Waals surface area (Å²) in [7, 11) is 3.18. The van der Waals surface area contributed by atoms with Crippen LogP contribution in [0.5, 0.6) is 5.75 Å². The molecule has 1 N–H and O–H groups in total. The molecule has 136 valence electrons. The Morgan fingerprint density at radius 2 is 2.04 bits per heavy atom. The number of rotatable bonds is 9. The van der Waals surface area contributed by atoms with Crippen molar-refractivity contribution >= 4 is 12.0 Å². The van der Waals surface area contributed by atoms with Crippen molar-refractivity contribution in [1.29, 1.82) is 0 Å². The lowest BCUT2D eigenvalue weighted by Gasteiger charge is -2.33. The fourth-order valence-corrected chi connectivity index (χ4v) is 2.66. The summed E-state index contributed by atoms with van der Waals surface area (Å²) in [5.41, 5.74) is -0.180. The third kappa shape index (κ3) is 4.53. The first kappa shape index (κ1) is 19.3. The minimum Gasteiger partial charge on any atom is -0.497 e. The maximum Gasteiger partial charge on any atom is 0.348 e. The normalized spacial score (nSPS) is 12.9. The smallest absolute Gasteiger partial charge is 0.348 e. The van der Waals surface area contributed by atoms with E-state index in [2.05, 4.69) is 9.98 Å². The Hall–Kier alpha value is -3.02. The van der Waals surface area contributed by atoms with Crippen LogP contribution in [0.4, 0.5) is 0 Å². The van der Waals surface area contributed by atoms with E-state index in [0.29, 0.717) is 18.7 Å². The summed E-state index contributed by atoms with van der Waals surface area (Å²) in [6, 6.07) is 12.5. The van der Waals surface area contributed by atoms with Crippen LogP contribution in [0.3, 0.4) is 0 Å². The van der Waals surface area contributed by atoms with Crippen molar-refractivity contribution in [1.82, 2.24) is 9.88 Å². The van der Waals surface area contributed by atoms with E-state index in [1.807, 2.05) is 18.2 Å². The van der Waals surface area contributed by atoms with Gasteiger partial charge in [0.25, 0.3) is 0 Å². The number of aromatic nitrogens is 1. The molecule has 0 bridgehead atoms. The average molecular weight is 355 g/mol. The predicted molar refractivity (Wildman–Crippen MR) is 95.8 cm³/mol. The summed E-state index contributed by atoms with van der Waals surface area (Å²) < 4.78 is 5.11. The third-order valence-corrected chi connectivity index (χ3v) is 4.24. The highest BCUT2D eigenvalue weighted by molar-refractivity contribution is 5.80. The molecule has 0 aliphatic carbocycles. The number of carboxylic acids is 1. The molecule has 0 spiro atoms. The molecular formula is C19H21N3O4. The van der Waals surface area contributed by atoms with Crippen molar-refractivity contribution in [2.45, 2.75) is 18.5 Å². The van der Waals surface area contributed by atoms with Crippen LogP contribution in [0, 0.1) is 0 Å². The van der Waals surface area contributed by atoms with Gasteiger partial charge < -0.3 is 9.84 Å². The van der Waals surface area contributed by atoms with Crippen LogP contribution in [0.25, 0.3) is 0 Å². The summed E-state index contributed by atoms with van der Waals surface area (Å²) in [5.74, 6) is -0.544. The topological polar surface area (TPSA) is 92.1 Å². The minimum atomic E-state index is -1.73. The lowest BCUT2D eigenvalue weighted by Crippen LogP contribution is -2.53. The Labute approximate surface area is 152 Å². The highest BCUT2D eigenvalue weighted by Gasteiger charge is 2.43. The molecule has 0 saturated carbocycles. The van der Waals surface area contributed by atoms with E-state index < -0.39 is 11.6 Å². The molecule has 7 heteroatoms. The average Bonchev–Trinajstić information content (AvgIpc) is 2.66. The molecule has 0 aliphatic heterocycles. The minimum absolute atomic E-state index is 0.0281. The van der Waals surface area contributed by atoms with E-state index in [0.717, 1.165) is 11.3 Å². The fourth-order valence-electron chi connectivity index (χ4n) is 2.66. The molecule has 1 atom stereocenters. The van der Waals surface area contributed by atoms with Gasteiger partial charge in [-0.3, -0.25) is 9.88 Å². The molecule has 7 nitrogen and oxygen atoms in total. The van der Waals surface area contributed by atoms with Crippen molar-refractivity contribution in [2.75, 3.05) is 20.7 Å². The summed E-state index contributed by atoms with van der Waals surface area (Å²) in [6.07, 6.45) is 3.66. The molecule has 0 aliphatic rings. The zero-order chi connectivity index (χ0) is 19.0. The number of nitrogens with zero attached hydrogens (tertiary/aromatic N) is 3. The molecule has 1 aromatic heterocycles. The summed E-state index contributed by atoms with van der Waals surface area (Å²) >= 11 is 0. The number of methoxy groups -OCH3 is 1. The van der Waals surface area contributed by atoms with Gasteiger partial charge in [-0.05, 0) is 36.9 Å². The number of hydrogen-bond acceptors (Lipinski definition) is 6. The Morgan fingerprint density at radius 3 is 2.58 bits per heavy atom. The maximum absolute atomic E-state index is 12.0. The number of carbonyl (C=O) groups is 1. The van der Waals surface area contributed by atoms with Gasteiger partial charge in [0.15, 0.2) is 0 Å². The first-order valence-corrected chi connectivity index (χ1v) is 8.08. The molecule has 26 heavy (non-hydrogen) atoms. The van der Waals surface area contributed by atoms with Crippen molar-refractivity contribution in [2.24, 2.45) is 4.99 Å². The van der Waals surface area contributed by atoms with Crippen LogP contribution < -0.4 is 4.74 Å². The number of ether oxygens (including phenoxy) is 1. The largest absolute Gasteiger partial charge is 0.497 e. The van der Waals surface area contributed by atoms with E-state index in [1.54, 1.807) is 49.5 Å². The van der Waals surface area contributed by atoms with Crippen LogP contribution in [-0.2, 0) is 22.4 Å². The van der Waals surface area contributed by atoms with Crippen LogP contribution in [0.1, 0.15) is 11.3 Å². The van der Waals surface area contributed by atoms with Gasteiger partial charge in [0.2, 0.25) is 11.7 Å². The van der Waals surface area contributed by atoms with Crippen LogP contribution in [0.2, 0.25) is 0 Å². The Balaban J connectivity index is 2.24.